The monoisotopic (exact) mass is 205 g/mol. The third-order valence-corrected chi connectivity index (χ3v) is 3.24. The molecule has 2 aliphatic rings. The summed E-state index contributed by atoms with van der Waals surface area (Å²) in [6, 6.07) is 6.33. The molecule has 0 N–H and O–H groups in total. The number of benzene rings is 1. The third kappa shape index (κ3) is 1.38. The molecule has 80 valence electrons. The Kier molecular flexibility index (Phi) is 1.74. The zero-order valence-electron chi connectivity index (χ0n) is 9.12. The number of hydrogen-bond acceptors (Lipinski definition) is 3. The first-order chi connectivity index (χ1) is 7.19. The number of anilines is 1. The molecule has 0 saturated carbocycles. The van der Waals surface area contributed by atoms with Crippen molar-refractivity contribution in [2.45, 2.75) is 12.5 Å². The van der Waals surface area contributed by atoms with E-state index in [9.17, 15) is 0 Å². The Balaban J connectivity index is 2.04. The predicted molar refractivity (Wildman–Crippen MR) is 58.5 cm³/mol. The molecule has 1 unspecified atom stereocenters. The first kappa shape index (κ1) is 9.04. The van der Waals surface area contributed by atoms with Gasteiger partial charge in [-0.2, -0.15) is 0 Å². The maximum atomic E-state index is 5.60. The van der Waals surface area contributed by atoms with Gasteiger partial charge < -0.3 is 14.4 Å². The molecule has 0 amide bonds. The van der Waals surface area contributed by atoms with Gasteiger partial charge in [-0.05, 0) is 24.6 Å². The van der Waals surface area contributed by atoms with Crippen LogP contribution in [0.3, 0.4) is 0 Å². The van der Waals surface area contributed by atoms with Crippen molar-refractivity contribution >= 4 is 5.69 Å². The van der Waals surface area contributed by atoms with Gasteiger partial charge in [-0.25, -0.2) is 0 Å². The van der Waals surface area contributed by atoms with Crippen molar-refractivity contribution in [2.24, 2.45) is 0 Å². The van der Waals surface area contributed by atoms with Gasteiger partial charge in [0.1, 0.15) is 18.0 Å². The second kappa shape index (κ2) is 2.89. The van der Waals surface area contributed by atoms with E-state index in [2.05, 4.69) is 31.0 Å². The number of fused-ring (bicyclic) bond motifs is 1. The van der Waals surface area contributed by atoms with Crippen LogP contribution in [0.15, 0.2) is 18.2 Å². The molecule has 2 aliphatic heterocycles. The Labute approximate surface area is 89.6 Å². The molecule has 0 aliphatic carbocycles. The Bertz CT molecular complexity index is 399. The summed E-state index contributed by atoms with van der Waals surface area (Å²) in [6.45, 7) is 4.68. The van der Waals surface area contributed by atoms with Crippen LogP contribution >= 0.6 is 0 Å². The highest BCUT2D eigenvalue weighted by Gasteiger charge is 2.41. The minimum absolute atomic E-state index is 0.0483. The van der Waals surface area contributed by atoms with Gasteiger partial charge in [0.25, 0.3) is 0 Å². The molecule has 1 fully saturated rings. The second-order valence-corrected chi connectivity index (χ2v) is 4.47. The van der Waals surface area contributed by atoms with Gasteiger partial charge in [0.2, 0.25) is 0 Å². The van der Waals surface area contributed by atoms with E-state index in [1.54, 1.807) is 0 Å². The zero-order chi connectivity index (χ0) is 10.5. The van der Waals surface area contributed by atoms with Crippen molar-refractivity contribution in [1.82, 2.24) is 0 Å². The smallest absolute Gasteiger partial charge is 0.142 e. The molecule has 2 heterocycles. The first-order valence-electron chi connectivity index (χ1n) is 5.31. The van der Waals surface area contributed by atoms with Crippen LogP contribution in [0.25, 0.3) is 0 Å². The summed E-state index contributed by atoms with van der Waals surface area (Å²) in [5.74, 6) is 0.983. The molecule has 3 rings (SSSR count). The van der Waals surface area contributed by atoms with Gasteiger partial charge in [-0.3, -0.25) is 0 Å². The van der Waals surface area contributed by atoms with Crippen LogP contribution in [-0.2, 0) is 10.3 Å². The van der Waals surface area contributed by atoms with Crippen LogP contribution in [-0.4, -0.2) is 26.8 Å². The molecule has 1 aromatic carbocycles. The zero-order valence-corrected chi connectivity index (χ0v) is 9.12. The fourth-order valence-electron chi connectivity index (χ4n) is 1.95. The molecule has 1 saturated heterocycles. The Morgan fingerprint density at radius 1 is 1.40 bits per heavy atom. The normalized spacial score (nSPS) is 28.3. The molecule has 15 heavy (non-hydrogen) atoms. The summed E-state index contributed by atoms with van der Waals surface area (Å²) in [4.78, 5) is 2.23. The van der Waals surface area contributed by atoms with E-state index in [0.717, 1.165) is 25.5 Å². The molecular weight excluding hydrogens is 190 g/mol. The number of rotatable bonds is 1. The van der Waals surface area contributed by atoms with E-state index >= 15 is 0 Å². The lowest BCUT2D eigenvalue weighted by Gasteiger charge is -2.28. The summed E-state index contributed by atoms with van der Waals surface area (Å²) in [6.07, 6.45) is 0. The van der Waals surface area contributed by atoms with Gasteiger partial charge in [-0.1, -0.05) is 6.07 Å². The quantitative estimate of drug-likeness (QED) is 0.653. The maximum Gasteiger partial charge on any atom is 0.142 e. The summed E-state index contributed by atoms with van der Waals surface area (Å²) < 4.78 is 11.0. The lowest BCUT2D eigenvalue weighted by molar-refractivity contribution is 0.309. The van der Waals surface area contributed by atoms with Crippen molar-refractivity contribution in [2.75, 3.05) is 31.7 Å². The molecule has 1 atom stereocenters. The van der Waals surface area contributed by atoms with Crippen LogP contribution in [0.2, 0.25) is 0 Å². The standard InChI is InChI=1S/C12H15NO2/c1-12(8-15-12)9-3-4-11-10(7-9)13(2)5-6-14-11/h3-4,7H,5-6,8H2,1-2H3. The fraction of sp³-hybridized carbons (Fsp3) is 0.500. The van der Waals surface area contributed by atoms with E-state index in [4.69, 9.17) is 9.47 Å². The third-order valence-electron chi connectivity index (χ3n) is 3.24. The first-order valence-corrected chi connectivity index (χ1v) is 5.31. The highest BCUT2D eigenvalue weighted by molar-refractivity contribution is 5.61. The van der Waals surface area contributed by atoms with E-state index in [1.165, 1.54) is 11.3 Å². The average molecular weight is 205 g/mol. The molecule has 3 nitrogen and oxygen atoms in total. The van der Waals surface area contributed by atoms with E-state index in [1.807, 2.05) is 6.07 Å². The number of ether oxygens (including phenoxy) is 2. The average Bonchev–Trinajstić information content (AvgIpc) is 2.98. The van der Waals surface area contributed by atoms with Crippen molar-refractivity contribution in [1.29, 1.82) is 0 Å². The Hall–Kier alpha value is -1.22. The fourth-order valence-corrected chi connectivity index (χ4v) is 1.95. The van der Waals surface area contributed by atoms with Crippen molar-refractivity contribution in [3.63, 3.8) is 0 Å². The summed E-state index contributed by atoms with van der Waals surface area (Å²) in [5, 5.41) is 0. The van der Waals surface area contributed by atoms with Crippen molar-refractivity contribution in [3.05, 3.63) is 23.8 Å². The summed E-state index contributed by atoms with van der Waals surface area (Å²) in [5.41, 5.74) is 2.38. The highest BCUT2D eigenvalue weighted by atomic mass is 16.6. The van der Waals surface area contributed by atoms with Crippen LogP contribution in [0.5, 0.6) is 5.75 Å². The Morgan fingerprint density at radius 2 is 2.20 bits per heavy atom. The minimum atomic E-state index is -0.0483. The van der Waals surface area contributed by atoms with Gasteiger partial charge in [-0.15, -0.1) is 0 Å². The van der Waals surface area contributed by atoms with Crippen LogP contribution in [0.1, 0.15) is 12.5 Å². The Morgan fingerprint density at radius 3 is 2.93 bits per heavy atom. The molecule has 0 aromatic heterocycles. The summed E-state index contributed by atoms with van der Waals surface area (Å²) in [7, 11) is 2.10. The van der Waals surface area contributed by atoms with Crippen molar-refractivity contribution in [3.8, 4) is 5.75 Å². The molecular formula is C12H15NO2. The topological polar surface area (TPSA) is 25.0 Å². The molecule has 0 radical (unpaired) electrons. The van der Waals surface area contributed by atoms with E-state index in [-0.39, 0.29) is 5.60 Å². The van der Waals surface area contributed by atoms with Gasteiger partial charge >= 0.3 is 0 Å². The number of epoxide rings is 1. The highest BCUT2D eigenvalue weighted by Crippen LogP contribution is 2.42. The number of nitrogens with zero attached hydrogens (tertiary/aromatic N) is 1. The second-order valence-electron chi connectivity index (χ2n) is 4.47. The molecule has 0 bridgehead atoms. The van der Waals surface area contributed by atoms with Crippen LogP contribution < -0.4 is 9.64 Å². The number of likely N-dealkylation sites (N-methyl/N-ethyl adjacent to an activating group) is 1. The van der Waals surface area contributed by atoms with Gasteiger partial charge in [0, 0.05) is 7.05 Å². The number of hydrogen-bond donors (Lipinski definition) is 0. The predicted octanol–water partition coefficient (Wildman–Crippen LogP) is 1.76. The molecule has 1 aromatic rings. The van der Waals surface area contributed by atoms with Crippen LogP contribution in [0.4, 0.5) is 5.69 Å². The lowest BCUT2D eigenvalue weighted by atomic mass is 10.0. The van der Waals surface area contributed by atoms with Gasteiger partial charge in [0.05, 0.1) is 18.8 Å². The van der Waals surface area contributed by atoms with Crippen LogP contribution in [0, 0.1) is 0 Å². The minimum Gasteiger partial charge on any atom is -0.490 e. The van der Waals surface area contributed by atoms with Crippen molar-refractivity contribution < 1.29 is 9.47 Å². The molecule has 3 heteroatoms. The maximum absolute atomic E-state index is 5.60. The lowest BCUT2D eigenvalue weighted by Crippen LogP contribution is -2.29. The largest absolute Gasteiger partial charge is 0.490 e. The SMILES string of the molecule is CN1CCOc2ccc(C3(C)CO3)cc21. The molecule has 0 spiro atoms. The summed E-state index contributed by atoms with van der Waals surface area (Å²) >= 11 is 0. The van der Waals surface area contributed by atoms with E-state index in [0.29, 0.717) is 0 Å². The van der Waals surface area contributed by atoms with Gasteiger partial charge in [0.15, 0.2) is 0 Å². The van der Waals surface area contributed by atoms with E-state index < -0.39 is 0 Å².